The van der Waals surface area contributed by atoms with Gasteiger partial charge in [-0.25, -0.2) is 0 Å². The molecule has 2 aromatic rings. The third kappa shape index (κ3) is 6.54. The number of aldehydes is 1. The predicted octanol–water partition coefficient (Wildman–Crippen LogP) is 7.63. The molecule has 2 aliphatic rings. The van der Waals surface area contributed by atoms with Crippen LogP contribution in [0.1, 0.15) is 90.2 Å². The molecule has 2 saturated carbocycles. The highest BCUT2D eigenvalue weighted by Gasteiger charge is 2.52. The van der Waals surface area contributed by atoms with Crippen LogP contribution in [0.3, 0.4) is 0 Å². The van der Waals surface area contributed by atoms with Gasteiger partial charge >= 0.3 is 0 Å². The Kier molecular flexibility index (Phi) is 9.70. The van der Waals surface area contributed by atoms with Crippen LogP contribution in [-0.2, 0) is 4.79 Å². The Balaban J connectivity index is 0.000000211. The normalized spacial score (nSPS) is 29.3. The second kappa shape index (κ2) is 11.8. The van der Waals surface area contributed by atoms with Crippen molar-refractivity contribution in [3.8, 4) is 0 Å². The molecule has 2 aromatic carbocycles. The van der Waals surface area contributed by atoms with Gasteiger partial charge in [-0.1, -0.05) is 102 Å². The van der Waals surface area contributed by atoms with Crippen molar-refractivity contribution in [1.82, 2.24) is 0 Å². The maximum Gasteiger partial charge on any atom is 0.120 e. The van der Waals surface area contributed by atoms with Crippen molar-refractivity contribution in [3.63, 3.8) is 0 Å². The van der Waals surface area contributed by atoms with E-state index in [0.717, 1.165) is 25.0 Å². The molecule has 0 amide bonds. The van der Waals surface area contributed by atoms with Crippen LogP contribution in [0.15, 0.2) is 60.7 Å². The molecule has 0 spiro atoms. The maximum absolute atomic E-state index is 10.6. The second-order valence-electron chi connectivity index (χ2n) is 10.2. The first-order chi connectivity index (χ1) is 15.3. The van der Waals surface area contributed by atoms with Crippen LogP contribution in [0.4, 0.5) is 0 Å². The lowest BCUT2D eigenvalue weighted by Crippen LogP contribution is -2.06. The van der Waals surface area contributed by atoms with Gasteiger partial charge in [0.05, 0.1) is 0 Å². The van der Waals surface area contributed by atoms with Gasteiger partial charge < -0.3 is 9.90 Å². The number of benzene rings is 2. The molecule has 0 radical (unpaired) electrons. The maximum atomic E-state index is 10.6. The summed E-state index contributed by atoms with van der Waals surface area (Å²) in [6, 6.07) is 21.3. The van der Waals surface area contributed by atoms with Crippen LogP contribution < -0.4 is 0 Å². The molecular formula is C30H44O2. The molecule has 6 atom stereocenters. The van der Waals surface area contributed by atoms with E-state index >= 15 is 0 Å². The SMILES string of the molecule is CC.C[C@@H](c1ccccc1)C1CC1(C)CC=O.C[C@@H](c1ccccc1)C1CC1(C)CCO. The minimum absolute atomic E-state index is 0.275. The Morgan fingerprint density at radius 3 is 1.66 bits per heavy atom. The number of hydrogen-bond donors (Lipinski definition) is 1. The zero-order chi connectivity index (χ0) is 23.8. The van der Waals surface area contributed by atoms with E-state index in [-0.39, 0.29) is 5.41 Å². The van der Waals surface area contributed by atoms with Crippen molar-refractivity contribution in [2.24, 2.45) is 22.7 Å². The lowest BCUT2D eigenvalue weighted by molar-refractivity contribution is -0.108. The number of rotatable bonds is 8. The number of hydrogen-bond acceptors (Lipinski definition) is 2. The molecule has 2 heteroatoms. The molecule has 176 valence electrons. The van der Waals surface area contributed by atoms with E-state index in [4.69, 9.17) is 5.11 Å². The first kappa shape index (κ1) is 26.3. The van der Waals surface area contributed by atoms with Crippen molar-refractivity contribution in [3.05, 3.63) is 71.8 Å². The van der Waals surface area contributed by atoms with Crippen molar-refractivity contribution in [2.45, 2.75) is 79.1 Å². The molecule has 0 aromatic heterocycles. The molecule has 4 rings (SSSR count). The Morgan fingerprint density at radius 2 is 1.25 bits per heavy atom. The molecule has 0 heterocycles. The average Bonchev–Trinajstić information content (AvgIpc) is 3.70. The standard InChI is InChI=1S/C14H20O.C14H18O.C2H6/c2*1-11(12-6-4-3-5-7-12)13-10-14(13,2)8-9-15;1-2/h3-7,11,13,15H,8-10H2,1-2H3;3-7,9,11,13H,8,10H2,1-2H3;1-2H3/t2*11-,13?,14?;/m00./s1. The third-order valence-corrected chi connectivity index (χ3v) is 7.93. The van der Waals surface area contributed by atoms with Crippen LogP contribution in [0.2, 0.25) is 0 Å². The zero-order valence-electron chi connectivity index (χ0n) is 21.1. The lowest BCUT2D eigenvalue weighted by Gasteiger charge is -2.15. The summed E-state index contributed by atoms with van der Waals surface area (Å²) in [7, 11) is 0. The Morgan fingerprint density at radius 1 is 0.844 bits per heavy atom. The van der Waals surface area contributed by atoms with Gasteiger partial charge in [0, 0.05) is 13.0 Å². The van der Waals surface area contributed by atoms with E-state index in [1.165, 1.54) is 24.0 Å². The molecule has 0 aliphatic heterocycles. The van der Waals surface area contributed by atoms with Gasteiger partial charge in [-0.3, -0.25) is 0 Å². The van der Waals surface area contributed by atoms with Crippen molar-refractivity contribution >= 4 is 6.29 Å². The summed E-state index contributed by atoms with van der Waals surface area (Å²) in [5.74, 6) is 2.65. The van der Waals surface area contributed by atoms with Crippen molar-refractivity contribution in [1.29, 1.82) is 0 Å². The fourth-order valence-electron chi connectivity index (χ4n) is 5.39. The minimum Gasteiger partial charge on any atom is -0.396 e. The van der Waals surface area contributed by atoms with Gasteiger partial charge in [-0.05, 0) is 64.9 Å². The zero-order valence-corrected chi connectivity index (χ0v) is 21.1. The van der Waals surface area contributed by atoms with Gasteiger partial charge in [0.15, 0.2) is 0 Å². The summed E-state index contributed by atoms with van der Waals surface area (Å²) in [6.07, 6.45) is 5.20. The highest BCUT2D eigenvalue weighted by molar-refractivity contribution is 5.52. The van der Waals surface area contributed by atoms with Gasteiger partial charge in [-0.2, -0.15) is 0 Å². The summed E-state index contributed by atoms with van der Waals surface area (Å²) in [6.45, 7) is 13.4. The summed E-state index contributed by atoms with van der Waals surface area (Å²) in [5, 5.41) is 9.01. The second-order valence-corrected chi connectivity index (χ2v) is 10.2. The summed E-state index contributed by atoms with van der Waals surface area (Å²) in [4.78, 5) is 10.6. The van der Waals surface area contributed by atoms with Crippen LogP contribution in [0.25, 0.3) is 0 Å². The Bertz CT molecular complexity index is 802. The highest BCUT2D eigenvalue weighted by Crippen LogP contribution is 2.61. The predicted molar refractivity (Wildman–Crippen MR) is 136 cm³/mol. The molecule has 4 unspecified atom stereocenters. The molecular weight excluding hydrogens is 392 g/mol. The Hall–Kier alpha value is -1.93. The van der Waals surface area contributed by atoms with E-state index in [1.807, 2.05) is 19.9 Å². The molecule has 0 saturated heterocycles. The summed E-state index contributed by atoms with van der Waals surface area (Å²) in [5.41, 5.74) is 3.50. The number of carbonyl (C=O) groups is 1. The molecule has 1 N–H and O–H groups in total. The van der Waals surface area contributed by atoms with Crippen LogP contribution >= 0.6 is 0 Å². The van der Waals surface area contributed by atoms with Gasteiger partial charge in [0.1, 0.15) is 6.29 Å². The highest BCUT2D eigenvalue weighted by atomic mass is 16.3. The van der Waals surface area contributed by atoms with Crippen LogP contribution in [0.5, 0.6) is 0 Å². The molecule has 2 fully saturated rings. The first-order valence-electron chi connectivity index (χ1n) is 12.5. The van der Waals surface area contributed by atoms with Crippen molar-refractivity contribution in [2.75, 3.05) is 6.61 Å². The van der Waals surface area contributed by atoms with Crippen LogP contribution in [-0.4, -0.2) is 18.0 Å². The van der Waals surface area contributed by atoms with Gasteiger partial charge in [-0.15, -0.1) is 0 Å². The molecule has 2 nitrogen and oxygen atoms in total. The van der Waals surface area contributed by atoms with Gasteiger partial charge in [0.2, 0.25) is 0 Å². The van der Waals surface area contributed by atoms with E-state index in [9.17, 15) is 4.79 Å². The minimum atomic E-state index is 0.275. The van der Waals surface area contributed by atoms with E-state index in [2.05, 4.69) is 82.3 Å². The fourth-order valence-corrected chi connectivity index (χ4v) is 5.39. The van der Waals surface area contributed by atoms with E-state index in [0.29, 0.717) is 29.8 Å². The monoisotopic (exact) mass is 436 g/mol. The van der Waals surface area contributed by atoms with Crippen molar-refractivity contribution < 1.29 is 9.90 Å². The average molecular weight is 437 g/mol. The van der Waals surface area contributed by atoms with Gasteiger partial charge in [0.25, 0.3) is 0 Å². The quantitative estimate of drug-likeness (QED) is 0.432. The number of carbonyl (C=O) groups excluding carboxylic acids is 1. The smallest absolute Gasteiger partial charge is 0.120 e. The number of aliphatic hydroxyl groups excluding tert-OH is 1. The van der Waals surface area contributed by atoms with E-state index < -0.39 is 0 Å². The first-order valence-corrected chi connectivity index (χ1v) is 12.5. The fraction of sp³-hybridized carbons (Fsp3) is 0.567. The number of aliphatic hydroxyl groups is 1. The lowest BCUT2D eigenvalue weighted by atomic mass is 9.90. The molecule has 0 bridgehead atoms. The van der Waals surface area contributed by atoms with Crippen LogP contribution in [0, 0.1) is 22.7 Å². The topological polar surface area (TPSA) is 37.3 Å². The van der Waals surface area contributed by atoms with E-state index in [1.54, 1.807) is 0 Å². The summed E-state index contributed by atoms with van der Waals surface area (Å²) < 4.78 is 0. The molecule has 32 heavy (non-hydrogen) atoms. The summed E-state index contributed by atoms with van der Waals surface area (Å²) >= 11 is 0. The Labute approximate surface area is 196 Å². The largest absolute Gasteiger partial charge is 0.396 e. The third-order valence-electron chi connectivity index (χ3n) is 7.93. The molecule has 2 aliphatic carbocycles.